The van der Waals surface area contributed by atoms with Crippen LogP contribution in [0.1, 0.15) is 57.7 Å². The lowest BCUT2D eigenvalue weighted by Gasteiger charge is -2.25. The van der Waals surface area contributed by atoms with Crippen molar-refractivity contribution in [1.82, 2.24) is 14.7 Å². The fourth-order valence-corrected chi connectivity index (χ4v) is 2.90. The molecule has 4 heteroatoms. The summed E-state index contributed by atoms with van der Waals surface area (Å²) < 4.78 is 2.19. The van der Waals surface area contributed by atoms with Gasteiger partial charge in [0.05, 0.1) is 11.7 Å². The molecule has 0 spiro atoms. The van der Waals surface area contributed by atoms with Gasteiger partial charge in [-0.15, -0.1) is 0 Å². The van der Waals surface area contributed by atoms with E-state index in [1.807, 2.05) is 0 Å². The number of nitrogens with zero attached hydrogens (tertiary/aromatic N) is 3. The van der Waals surface area contributed by atoms with E-state index in [4.69, 9.17) is 10.8 Å². The number of aromatic nitrogens is 2. The van der Waals surface area contributed by atoms with Gasteiger partial charge in [0.25, 0.3) is 0 Å². The normalized spacial score (nSPS) is 17.5. The van der Waals surface area contributed by atoms with Gasteiger partial charge in [-0.25, -0.2) is 0 Å². The Morgan fingerprint density at radius 1 is 1.37 bits per heavy atom. The molecule has 0 saturated heterocycles. The van der Waals surface area contributed by atoms with Crippen molar-refractivity contribution in [2.75, 3.05) is 13.1 Å². The molecule has 1 aromatic heterocycles. The van der Waals surface area contributed by atoms with Crippen molar-refractivity contribution < 1.29 is 0 Å². The molecule has 1 fully saturated rings. The van der Waals surface area contributed by atoms with E-state index in [0.717, 1.165) is 13.1 Å². The van der Waals surface area contributed by atoms with Crippen molar-refractivity contribution in [2.45, 2.75) is 64.6 Å². The Balaban J connectivity index is 1.95. The lowest BCUT2D eigenvalue weighted by Crippen LogP contribution is -2.35. The highest BCUT2D eigenvalue weighted by molar-refractivity contribution is 5.00. The van der Waals surface area contributed by atoms with Gasteiger partial charge in [0.1, 0.15) is 0 Å². The zero-order valence-electron chi connectivity index (χ0n) is 12.4. The maximum absolute atomic E-state index is 5.68. The van der Waals surface area contributed by atoms with E-state index in [-0.39, 0.29) is 0 Å². The third-order valence-electron chi connectivity index (χ3n) is 4.12. The van der Waals surface area contributed by atoms with Gasteiger partial charge in [0, 0.05) is 31.9 Å². The van der Waals surface area contributed by atoms with Gasteiger partial charge in [-0.2, -0.15) is 5.10 Å². The van der Waals surface area contributed by atoms with Crippen LogP contribution < -0.4 is 5.73 Å². The molecule has 1 aliphatic rings. The average Bonchev–Trinajstić information content (AvgIpc) is 2.88. The molecule has 1 saturated carbocycles. The smallest absolute Gasteiger partial charge is 0.0765 e. The lowest BCUT2D eigenvalue weighted by atomic mass is 9.96. The zero-order chi connectivity index (χ0) is 13.7. The molecule has 0 unspecified atom stereocenters. The van der Waals surface area contributed by atoms with Gasteiger partial charge in [0.15, 0.2) is 0 Å². The lowest BCUT2D eigenvalue weighted by molar-refractivity contribution is 0.215. The van der Waals surface area contributed by atoms with Crippen molar-refractivity contribution >= 4 is 0 Å². The van der Waals surface area contributed by atoms with Crippen LogP contribution in [0.15, 0.2) is 12.3 Å². The van der Waals surface area contributed by atoms with Crippen molar-refractivity contribution in [3.05, 3.63) is 18.0 Å². The number of rotatable bonds is 6. The topological polar surface area (TPSA) is 47.1 Å². The van der Waals surface area contributed by atoms with Crippen LogP contribution in [0.25, 0.3) is 0 Å². The van der Waals surface area contributed by atoms with Crippen LogP contribution >= 0.6 is 0 Å². The van der Waals surface area contributed by atoms with Crippen molar-refractivity contribution in [3.8, 4) is 0 Å². The molecule has 1 heterocycles. The third-order valence-corrected chi connectivity index (χ3v) is 4.12. The molecule has 4 nitrogen and oxygen atoms in total. The minimum absolute atomic E-state index is 0.517. The Morgan fingerprint density at radius 2 is 2.11 bits per heavy atom. The summed E-state index contributed by atoms with van der Waals surface area (Å²) in [4.78, 5) is 2.38. The van der Waals surface area contributed by atoms with Crippen LogP contribution in [-0.4, -0.2) is 33.8 Å². The maximum Gasteiger partial charge on any atom is 0.0765 e. The SMILES string of the molecule is CC(C)N(CCN)Cc1ccn(C2CCCCC2)n1. The monoisotopic (exact) mass is 264 g/mol. The molecule has 1 aromatic rings. The number of hydrogen-bond donors (Lipinski definition) is 1. The minimum atomic E-state index is 0.517. The van der Waals surface area contributed by atoms with Crippen molar-refractivity contribution in [1.29, 1.82) is 0 Å². The number of hydrogen-bond acceptors (Lipinski definition) is 3. The fourth-order valence-electron chi connectivity index (χ4n) is 2.90. The maximum atomic E-state index is 5.68. The second-order valence-corrected chi connectivity index (χ2v) is 5.93. The molecule has 0 aliphatic heterocycles. The molecule has 0 aromatic carbocycles. The fraction of sp³-hybridized carbons (Fsp3) is 0.800. The van der Waals surface area contributed by atoms with Gasteiger partial charge in [-0.3, -0.25) is 9.58 Å². The second kappa shape index (κ2) is 7.06. The average molecular weight is 264 g/mol. The first kappa shape index (κ1) is 14.5. The molecule has 1 aliphatic carbocycles. The highest BCUT2D eigenvalue weighted by Crippen LogP contribution is 2.27. The molecule has 108 valence electrons. The molecule has 0 radical (unpaired) electrons. The van der Waals surface area contributed by atoms with Crippen LogP contribution in [0.2, 0.25) is 0 Å². The van der Waals surface area contributed by atoms with Crippen LogP contribution in [0.3, 0.4) is 0 Å². The summed E-state index contributed by atoms with van der Waals surface area (Å²) >= 11 is 0. The molecule has 0 bridgehead atoms. The predicted molar refractivity (Wildman–Crippen MR) is 78.9 cm³/mol. The van der Waals surface area contributed by atoms with E-state index in [0.29, 0.717) is 18.6 Å². The first-order chi connectivity index (χ1) is 9.20. The summed E-state index contributed by atoms with van der Waals surface area (Å²) in [7, 11) is 0. The Bertz CT molecular complexity index is 366. The molecule has 2 rings (SSSR count). The van der Waals surface area contributed by atoms with Crippen LogP contribution in [-0.2, 0) is 6.54 Å². The first-order valence-corrected chi connectivity index (χ1v) is 7.69. The van der Waals surface area contributed by atoms with E-state index < -0.39 is 0 Å². The standard InChI is InChI=1S/C15H28N4/c1-13(2)18(11-9-16)12-14-8-10-19(17-14)15-6-4-3-5-7-15/h8,10,13,15H,3-7,9,11-12,16H2,1-2H3. The van der Waals surface area contributed by atoms with Gasteiger partial charge < -0.3 is 5.73 Å². The highest BCUT2D eigenvalue weighted by atomic mass is 15.3. The molecule has 2 N–H and O–H groups in total. The van der Waals surface area contributed by atoms with Gasteiger partial charge in [0.2, 0.25) is 0 Å². The van der Waals surface area contributed by atoms with Gasteiger partial charge >= 0.3 is 0 Å². The van der Waals surface area contributed by atoms with Gasteiger partial charge in [-0.1, -0.05) is 19.3 Å². The summed E-state index contributed by atoms with van der Waals surface area (Å²) in [6.45, 7) is 6.99. The summed E-state index contributed by atoms with van der Waals surface area (Å²) in [5.74, 6) is 0. The summed E-state index contributed by atoms with van der Waals surface area (Å²) in [5, 5.41) is 4.77. The van der Waals surface area contributed by atoms with Crippen LogP contribution in [0, 0.1) is 0 Å². The second-order valence-electron chi connectivity index (χ2n) is 5.93. The van der Waals surface area contributed by atoms with Crippen molar-refractivity contribution in [3.63, 3.8) is 0 Å². The Labute approximate surface area is 117 Å². The molecule has 19 heavy (non-hydrogen) atoms. The van der Waals surface area contributed by atoms with E-state index >= 15 is 0 Å². The Hall–Kier alpha value is -0.870. The van der Waals surface area contributed by atoms with E-state index in [2.05, 4.69) is 35.7 Å². The summed E-state index contributed by atoms with van der Waals surface area (Å²) in [6.07, 6.45) is 8.83. The van der Waals surface area contributed by atoms with E-state index in [1.165, 1.54) is 37.8 Å². The molecular weight excluding hydrogens is 236 g/mol. The van der Waals surface area contributed by atoms with Crippen molar-refractivity contribution in [2.24, 2.45) is 5.73 Å². The molecule has 0 amide bonds. The minimum Gasteiger partial charge on any atom is -0.329 e. The van der Waals surface area contributed by atoms with Crippen LogP contribution in [0.5, 0.6) is 0 Å². The van der Waals surface area contributed by atoms with E-state index in [9.17, 15) is 0 Å². The Morgan fingerprint density at radius 3 is 2.74 bits per heavy atom. The summed E-state index contributed by atoms with van der Waals surface area (Å²) in [6, 6.07) is 3.31. The zero-order valence-corrected chi connectivity index (χ0v) is 12.4. The summed E-state index contributed by atoms with van der Waals surface area (Å²) in [5.41, 5.74) is 6.85. The largest absolute Gasteiger partial charge is 0.329 e. The quantitative estimate of drug-likeness (QED) is 0.859. The number of nitrogens with two attached hydrogens (primary N) is 1. The molecule has 0 atom stereocenters. The Kier molecular flexibility index (Phi) is 5.40. The highest BCUT2D eigenvalue weighted by Gasteiger charge is 2.17. The molecular formula is C15H28N4. The van der Waals surface area contributed by atoms with Gasteiger partial charge in [-0.05, 0) is 32.8 Å². The first-order valence-electron chi connectivity index (χ1n) is 7.69. The van der Waals surface area contributed by atoms with Crippen LogP contribution in [0.4, 0.5) is 0 Å². The van der Waals surface area contributed by atoms with E-state index in [1.54, 1.807) is 0 Å². The predicted octanol–water partition coefficient (Wildman–Crippen LogP) is 2.56. The third kappa shape index (κ3) is 4.05.